The molecule has 4 aromatic carbocycles. The Labute approximate surface area is 370 Å². The van der Waals surface area contributed by atoms with Crippen molar-refractivity contribution in [2.75, 3.05) is 26.2 Å². The van der Waals surface area contributed by atoms with Gasteiger partial charge in [-0.1, -0.05) is 116 Å². The summed E-state index contributed by atoms with van der Waals surface area (Å²) < 4.78 is 5.76. The van der Waals surface area contributed by atoms with E-state index in [0.717, 1.165) is 82.1 Å². The average molecular weight is 847 g/mol. The zero-order valence-corrected chi connectivity index (χ0v) is 36.9. The van der Waals surface area contributed by atoms with Crippen LogP contribution in [-0.4, -0.2) is 84.3 Å². The number of hydrogen-bond donors (Lipinski definition) is 3. The number of benzene rings is 4. The zero-order valence-electron chi connectivity index (χ0n) is 36.9. The maximum absolute atomic E-state index is 14.5. The maximum Gasteiger partial charge on any atom is 0.411 e. The van der Waals surface area contributed by atoms with Crippen molar-refractivity contribution in [1.82, 2.24) is 40.0 Å². The van der Waals surface area contributed by atoms with E-state index >= 15 is 0 Å². The van der Waals surface area contributed by atoms with Gasteiger partial charge in [0.05, 0.1) is 35.9 Å². The minimum atomic E-state index is -0.832. The molecule has 0 radical (unpaired) electrons. The van der Waals surface area contributed by atoms with E-state index in [2.05, 4.69) is 63.8 Å². The van der Waals surface area contributed by atoms with Gasteiger partial charge in [0, 0.05) is 19.6 Å². The van der Waals surface area contributed by atoms with Crippen LogP contribution >= 0.6 is 0 Å². The van der Waals surface area contributed by atoms with E-state index in [1.54, 1.807) is 0 Å². The molecule has 326 valence electrons. The van der Waals surface area contributed by atoms with E-state index in [0.29, 0.717) is 26.2 Å². The van der Waals surface area contributed by atoms with Gasteiger partial charge in [0.2, 0.25) is 5.91 Å². The van der Waals surface area contributed by atoms with Crippen LogP contribution in [0.3, 0.4) is 0 Å². The molecule has 0 spiro atoms. The largest absolute Gasteiger partial charge is 0.444 e. The Morgan fingerprint density at radius 2 is 1.14 bits per heavy atom. The molecule has 2 aliphatic rings. The number of nitrogens with one attached hydrogen (secondary N) is 3. The van der Waals surface area contributed by atoms with Crippen molar-refractivity contribution in [3.63, 3.8) is 0 Å². The summed E-state index contributed by atoms with van der Waals surface area (Å²) in [5.74, 6) is 1.46. The maximum atomic E-state index is 14.5. The first-order valence-corrected chi connectivity index (χ1v) is 22.3. The van der Waals surface area contributed by atoms with Gasteiger partial charge >= 0.3 is 6.09 Å². The first-order valence-electron chi connectivity index (χ1n) is 22.3. The van der Waals surface area contributed by atoms with Gasteiger partial charge in [-0.3, -0.25) is 14.5 Å². The number of hydrogen-bond acceptors (Lipinski definition) is 7. The number of carbonyl (C=O) groups is 3. The standard InChI is InChI=1S/C51H58N8O4/c1-6-52-44(38-16-10-8-11-17-38)48(60)58-30-14-20-42(58)46-53-32-40(55-46)36-26-22-34(23-27-36)35-24-28-37(29-25-35)41-33-54-47(56-41)43-21-15-31-59(43)49(61)45(39-18-12-9-13-19-39)57(7-2)50(62)63-51(3,4)5/h8-13,16-19,22-29,32-33,42-45,52H,6-7,14-15,20-21,30-31H2,1-5H3,(H,53,55)(H,54,56)/t42-,43?,44+,45+/m0/s1. The molecular weight excluding hydrogens is 789 g/mol. The summed E-state index contributed by atoms with van der Waals surface area (Å²) in [4.78, 5) is 63.9. The molecular formula is C51H58N8O4. The van der Waals surface area contributed by atoms with Gasteiger partial charge in [-0.2, -0.15) is 0 Å². The number of likely N-dealkylation sites (tertiary alicyclic amines) is 2. The lowest BCUT2D eigenvalue weighted by atomic mass is 10.0. The summed E-state index contributed by atoms with van der Waals surface area (Å²) >= 11 is 0. The van der Waals surface area contributed by atoms with Crippen LogP contribution in [0.4, 0.5) is 4.79 Å². The van der Waals surface area contributed by atoms with E-state index in [1.807, 2.05) is 117 Å². The lowest BCUT2D eigenvalue weighted by Crippen LogP contribution is -2.47. The minimum Gasteiger partial charge on any atom is -0.444 e. The molecule has 6 aromatic rings. The van der Waals surface area contributed by atoms with Crippen LogP contribution in [0.1, 0.15) is 107 Å². The normalized spacial score (nSPS) is 17.4. The fourth-order valence-electron chi connectivity index (χ4n) is 8.97. The van der Waals surface area contributed by atoms with E-state index in [4.69, 9.17) is 14.7 Å². The summed E-state index contributed by atoms with van der Waals surface area (Å²) in [5, 5.41) is 3.39. The molecule has 0 bridgehead atoms. The summed E-state index contributed by atoms with van der Waals surface area (Å²) in [6.45, 7) is 11.7. The Morgan fingerprint density at radius 3 is 1.60 bits per heavy atom. The number of amides is 3. The van der Waals surface area contributed by atoms with Crippen LogP contribution in [0.5, 0.6) is 0 Å². The van der Waals surface area contributed by atoms with E-state index in [9.17, 15) is 14.4 Å². The third kappa shape index (κ3) is 9.46. The quantitative estimate of drug-likeness (QED) is 0.105. The molecule has 1 unspecified atom stereocenters. The van der Waals surface area contributed by atoms with Crippen LogP contribution in [0, 0.1) is 0 Å². The third-order valence-electron chi connectivity index (χ3n) is 12.0. The molecule has 4 atom stereocenters. The molecule has 0 saturated carbocycles. The topological polar surface area (TPSA) is 140 Å². The molecule has 63 heavy (non-hydrogen) atoms. The molecule has 8 rings (SSSR count). The fourth-order valence-corrected chi connectivity index (χ4v) is 8.97. The fraction of sp³-hybridized carbons (Fsp3) is 0.353. The van der Waals surface area contributed by atoms with Crippen LogP contribution < -0.4 is 5.32 Å². The Kier molecular flexibility index (Phi) is 12.9. The molecule has 2 aliphatic heterocycles. The number of likely N-dealkylation sites (N-methyl/N-ethyl adjacent to an activating group) is 2. The molecule has 2 saturated heterocycles. The number of ether oxygens (including phenoxy) is 1. The van der Waals surface area contributed by atoms with Crippen LogP contribution in [-0.2, 0) is 14.3 Å². The van der Waals surface area contributed by atoms with Gasteiger partial charge < -0.3 is 29.8 Å². The lowest BCUT2D eigenvalue weighted by molar-refractivity contribution is -0.138. The van der Waals surface area contributed by atoms with E-state index in [1.165, 1.54) is 4.90 Å². The molecule has 12 nitrogen and oxygen atoms in total. The van der Waals surface area contributed by atoms with Gasteiger partial charge in [-0.05, 0) is 93.3 Å². The van der Waals surface area contributed by atoms with Crippen LogP contribution in [0.2, 0.25) is 0 Å². The molecule has 4 heterocycles. The van der Waals surface area contributed by atoms with Gasteiger partial charge in [0.15, 0.2) is 0 Å². The van der Waals surface area contributed by atoms with Crippen molar-refractivity contribution in [3.8, 4) is 33.6 Å². The van der Waals surface area contributed by atoms with Crippen molar-refractivity contribution in [3.05, 3.63) is 144 Å². The summed E-state index contributed by atoms with van der Waals surface area (Å²) in [6, 6.07) is 34.6. The Bertz CT molecular complexity index is 2480. The summed E-state index contributed by atoms with van der Waals surface area (Å²) in [7, 11) is 0. The van der Waals surface area contributed by atoms with Crippen molar-refractivity contribution >= 4 is 17.9 Å². The SMILES string of the molecule is CCN[C@@H](C(=O)N1CCC[C@H]1c1ncc(-c2ccc(-c3ccc(-c4cnc(C5CCCN5C(=O)[C@@H](c5ccccc5)N(CC)C(=O)OC(C)(C)C)[nH]4)cc3)cc2)[nH]1)c1ccccc1. The molecule has 12 heteroatoms. The van der Waals surface area contributed by atoms with Gasteiger partial charge in [0.25, 0.3) is 5.91 Å². The number of nitrogens with zero attached hydrogens (tertiary/aromatic N) is 5. The second-order valence-corrected chi connectivity index (χ2v) is 17.4. The molecule has 2 aromatic heterocycles. The highest BCUT2D eigenvalue weighted by molar-refractivity contribution is 5.88. The molecule has 2 fully saturated rings. The predicted octanol–water partition coefficient (Wildman–Crippen LogP) is 9.81. The molecule has 0 aliphatic carbocycles. The number of H-pyrrole nitrogens is 2. The van der Waals surface area contributed by atoms with Crippen molar-refractivity contribution in [1.29, 1.82) is 0 Å². The monoisotopic (exact) mass is 846 g/mol. The number of imidazole rings is 2. The van der Waals surface area contributed by atoms with E-state index in [-0.39, 0.29) is 23.9 Å². The second kappa shape index (κ2) is 18.8. The average Bonchev–Trinajstić information content (AvgIpc) is 4.15. The highest BCUT2D eigenvalue weighted by Gasteiger charge is 2.41. The van der Waals surface area contributed by atoms with Crippen molar-refractivity contribution < 1.29 is 19.1 Å². The third-order valence-corrected chi connectivity index (χ3v) is 12.0. The number of aromatic nitrogens is 4. The predicted molar refractivity (Wildman–Crippen MR) is 245 cm³/mol. The van der Waals surface area contributed by atoms with Crippen LogP contribution in [0.25, 0.3) is 33.6 Å². The first kappa shape index (κ1) is 43.1. The van der Waals surface area contributed by atoms with Gasteiger partial charge in [-0.25, -0.2) is 14.8 Å². The first-order chi connectivity index (χ1) is 30.5. The highest BCUT2D eigenvalue weighted by atomic mass is 16.6. The smallest absolute Gasteiger partial charge is 0.411 e. The minimum absolute atomic E-state index is 0.0772. The molecule has 3 amide bonds. The van der Waals surface area contributed by atoms with Crippen molar-refractivity contribution in [2.24, 2.45) is 0 Å². The van der Waals surface area contributed by atoms with Gasteiger partial charge in [0.1, 0.15) is 29.3 Å². The Hall–Kier alpha value is -6.53. The molecule has 3 N–H and O–H groups in total. The Morgan fingerprint density at radius 1 is 0.683 bits per heavy atom. The van der Waals surface area contributed by atoms with Crippen molar-refractivity contribution in [2.45, 2.75) is 90.1 Å². The second-order valence-electron chi connectivity index (χ2n) is 17.4. The van der Waals surface area contributed by atoms with E-state index < -0.39 is 23.8 Å². The highest BCUT2D eigenvalue weighted by Crippen LogP contribution is 2.37. The van der Waals surface area contributed by atoms with Gasteiger partial charge in [-0.15, -0.1) is 0 Å². The van der Waals surface area contributed by atoms with Crippen LogP contribution in [0.15, 0.2) is 122 Å². The summed E-state index contributed by atoms with van der Waals surface area (Å²) in [5.41, 5.74) is 6.95. The number of rotatable bonds is 13. The lowest BCUT2D eigenvalue weighted by Gasteiger charge is -2.35. The number of aromatic amines is 2. The Balaban J connectivity index is 0.937. The summed E-state index contributed by atoms with van der Waals surface area (Å²) in [6.07, 6.45) is 6.56. The zero-order chi connectivity index (χ0) is 44.1. The number of carbonyl (C=O) groups excluding carboxylic acids is 3.